The summed E-state index contributed by atoms with van der Waals surface area (Å²) in [5, 5.41) is 12.8. The van der Waals surface area contributed by atoms with Gasteiger partial charge in [0.25, 0.3) is 0 Å². The molecule has 0 aromatic heterocycles. The van der Waals surface area contributed by atoms with Crippen LogP contribution in [0.25, 0.3) is 0 Å². The van der Waals surface area contributed by atoms with Gasteiger partial charge in [-0.3, -0.25) is 10.2 Å². The highest BCUT2D eigenvalue weighted by atomic mass is 19.1. The lowest BCUT2D eigenvalue weighted by molar-refractivity contribution is -0.119. The average molecular weight is 315 g/mol. The van der Waals surface area contributed by atoms with Crippen LogP contribution in [0.3, 0.4) is 0 Å². The summed E-state index contributed by atoms with van der Waals surface area (Å²) in [6.07, 6.45) is 2.35. The van der Waals surface area contributed by atoms with Gasteiger partial charge in [-0.2, -0.15) is 0 Å². The molecule has 1 amide bonds. The third-order valence-electron chi connectivity index (χ3n) is 2.95. The number of para-hydroxylation sites is 1. The zero-order valence-corrected chi connectivity index (χ0v) is 12.1. The molecule has 0 saturated heterocycles. The molecule has 2 aromatic rings. The standard InChI is InChI=1S/C17H15F2N3O/c18-14-7-4-8-15(19)13(14)11-17(23)22-16(20)9-10-21-12-5-2-1-3-6-12/h1-10,21H,11H2,(H2,20,22,23)/b10-9-. The molecule has 0 aliphatic rings. The Morgan fingerprint density at radius 3 is 2.35 bits per heavy atom. The molecule has 0 atom stereocenters. The largest absolute Gasteiger partial charge is 0.362 e. The Morgan fingerprint density at radius 1 is 1.04 bits per heavy atom. The van der Waals surface area contributed by atoms with E-state index in [1.54, 1.807) is 0 Å². The van der Waals surface area contributed by atoms with Crippen LogP contribution < -0.4 is 10.6 Å². The zero-order chi connectivity index (χ0) is 16.7. The number of benzene rings is 2. The van der Waals surface area contributed by atoms with Gasteiger partial charge >= 0.3 is 0 Å². The number of nitrogens with one attached hydrogen (secondary N) is 3. The molecule has 0 aliphatic heterocycles. The van der Waals surface area contributed by atoms with Crippen LogP contribution in [0.15, 0.2) is 60.8 Å². The zero-order valence-electron chi connectivity index (χ0n) is 12.1. The van der Waals surface area contributed by atoms with Gasteiger partial charge in [-0.25, -0.2) is 8.78 Å². The van der Waals surface area contributed by atoms with E-state index in [2.05, 4.69) is 10.6 Å². The van der Waals surface area contributed by atoms with Crippen molar-refractivity contribution in [3.8, 4) is 0 Å². The van der Waals surface area contributed by atoms with E-state index in [4.69, 9.17) is 5.41 Å². The lowest BCUT2D eigenvalue weighted by Gasteiger charge is -2.06. The van der Waals surface area contributed by atoms with Crippen molar-refractivity contribution >= 4 is 17.4 Å². The Morgan fingerprint density at radius 2 is 1.70 bits per heavy atom. The second-order valence-electron chi connectivity index (χ2n) is 4.68. The predicted molar refractivity (Wildman–Crippen MR) is 85.1 cm³/mol. The number of amides is 1. The molecule has 118 valence electrons. The Bertz CT molecular complexity index is 710. The topological polar surface area (TPSA) is 65.0 Å². The normalized spacial score (nSPS) is 10.5. The summed E-state index contributed by atoms with van der Waals surface area (Å²) in [7, 11) is 0. The molecule has 23 heavy (non-hydrogen) atoms. The number of carbonyl (C=O) groups is 1. The first-order valence-corrected chi connectivity index (χ1v) is 6.85. The summed E-state index contributed by atoms with van der Waals surface area (Å²) in [4.78, 5) is 11.7. The fraction of sp³-hybridized carbons (Fsp3) is 0.0588. The molecular formula is C17H15F2N3O. The van der Waals surface area contributed by atoms with E-state index in [-0.39, 0.29) is 11.4 Å². The van der Waals surface area contributed by atoms with Crippen LogP contribution in [0.4, 0.5) is 14.5 Å². The van der Waals surface area contributed by atoms with Crippen molar-refractivity contribution in [2.75, 3.05) is 5.32 Å². The first-order chi connectivity index (χ1) is 11.1. The Labute approximate surface area is 132 Å². The van der Waals surface area contributed by atoms with Crippen molar-refractivity contribution in [1.29, 1.82) is 5.41 Å². The van der Waals surface area contributed by atoms with Crippen LogP contribution in [-0.4, -0.2) is 11.7 Å². The van der Waals surface area contributed by atoms with Gasteiger partial charge in [-0.05, 0) is 30.3 Å². The van der Waals surface area contributed by atoms with Gasteiger partial charge in [0, 0.05) is 17.5 Å². The number of amidine groups is 1. The minimum atomic E-state index is -0.784. The van der Waals surface area contributed by atoms with E-state index in [1.165, 1.54) is 18.3 Å². The molecule has 4 nitrogen and oxygen atoms in total. The van der Waals surface area contributed by atoms with Crippen molar-refractivity contribution < 1.29 is 13.6 Å². The summed E-state index contributed by atoms with van der Waals surface area (Å²) < 4.78 is 26.9. The highest BCUT2D eigenvalue weighted by Gasteiger charge is 2.13. The van der Waals surface area contributed by atoms with Crippen LogP contribution in [0.2, 0.25) is 0 Å². The van der Waals surface area contributed by atoms with Crippen molar-refractivity contribution in [3.63, 3.8) is 0 Å². The number of hydrogen-bond acceptors (Lipinski definition) is 3. The molecule has 2 aromatic carbocycles. The number of carbonyl (C=O) groups excluding carboxylic acids is 1. The number of anilines is 1. The molecule has 0 radical (unpaired) electrons. The minimum Gasteiger partial charge on any atom is -0.362 e. The van der Waals surface area contributed by atoms with Crippen molar-refractivity contribution in [2.45, 2.75) is 6.42 Å². The molecule has 0 spiro atoms. The van der Waals surface area contributed by atoms with Gasteiger partial charge in [0.15, 0.2) is 0 Å². The summed E-state index contributed by atoms with van der Waals surface area (Å²) in [5.41, 5.74) is 0.514. The van der Waals surface area contributed by atoms with Crippen LogP contribution in [-0.2, 0) is 11.2 Å². The average Bonchev–Trinajstić information content (AvgIpc) is 2.52. The summed E-state index contributed by atoms with van der Waals surface area (Å²) >= 11 is 0. The van der Waals surface area contributed by atoms with Gasteiger partial charge in [0.05, 0.1) is 6.42 Å². The lowest BCUT2D eigenvalue weighted by atomic mass is 10.1. The van der Waals surface area contributed by atoms with Crippen LogP contribution >= 0.6 is 0 Å². The molecule has 3 N–H and O–H groups in total. The number of rotatable bonds is 5. The van der Waals surface area contributed by atoms with E-state index in [9.17, 15) is 13.6 Å². The Balaban J connectivity index is 1.86. The third kappa shape index (κ3) is 5.03. The van der Waals surface area contributed by atoms with Crippen molar-refractivity contribution in [1.82, 2.24) is 5.32 Å². The van der Waals surface area contributed by atoms with Gasteiger partial charge < -0.3 is 10.6 Å². The summed E-state index contributed by atoms with van der Waals surface area (Å²) in [6.45, 7) is 0. The molecule has 0 fully saturated rings. The van der Waals surface area contributed by atoms with Crippen LogP contribution in [0, 0.1) is 17.0 Å². The van der Waals surface area contributed by atoms with E-state index >= 15 is 0 Å². The molecule has 0 unspecified atom stereocenters. The fourth-order valence-corrected chi connectivity index (χ4v) is 1.85. The second-order valence-corrected chi connectivity index (χ2v) is 4.68. The molecular weight excluding hydrogens is 300 g/mol. The quantitative estimate of drug-likeness (QED) is 0.586. The van der Waals surface area contributed by atoms with Gasteiger partial charge in [-0.1, -0.05) is 24.3 Å². The van der Waals surface area contributed by atoms with Gasteiger partial charge in [-0.15, -0.1) is 0 Å². The fourth-order valence-electron chi connectivity index (χ4n) is 1.85. The molecule has 0 saturated carbocycles. The van der Waals surface area contributed by atoms with E-state index < -0.39 is 24.0 Å². The monoisotopic (exact) mass is 315 g/mol. The third-order valence-corrected chi connectivity index (χ3v) is 2.95. The van der Waals surface area contributed by atoms with Gasteiger partial charge in [0.1, 0.15) is 17.5 Å². The smallest absolute Gasteiger partial charge is 0.230 e. The molecule has 0 heterocycles. The maximum Gasteiger partial charge on any atom is 0.230 e. The van der Waals surface area contributed by atoms with E-state index in [1.807, 2.05) is 30.3 Å². The van der Waals surface area contributed by atoms with Gasteiger partial charge in [0.2, 0.25) is 5.91 Å². The van der Waals surface area contributed by atoms with Crippen molar-refractivity contribution in [2.24, 2.45) is 0 Å². The molecule has 2 rings (SSSR count). The first kappa shape index (κ1) is 16.4. The number of hydrogen-bond donors (Lipinski definition) is 3. The second kappa shape index (κ2) is 7.84. The van der Waals surface area contributed by atoms with Crippen LogP contribution in [0.1, 0.15) is 5.56 Å². The first-order valence-electron chi connectivity index (χ1n) is 6.85. The molecule has 6 heteroatoms. The summed E-state index contributed by atoms with van der Waals surface area (Å²) in [6, 6.07) is 12.7. The highest BCUT2D eigenvalue weighted by molar-refractivity contribution is 6.03. The molecule has 0 bridgehead atoms. The number of halogens is 2. The van der Waals surface area contributed by atoms with Crippen LogP contribution in [0.5, 0.6) is 0 Å². The van der Waals surface area contributed by atoms with Crippen molar-refractivity contribution in [3.05, 3.63) is 78.0 Å². The van der Waals surface area contributed by atoms with E-state index in [0.717, 1.165) is 17.8 Å². The maximum absolute atomic E-state index is 13.4. The highest BCUT2D eigenvalue weighted by Crippen LogP contribution is 2.12. The summed E-state index contributed by atoms with van der Waals surface area (Å²) in [5.74, 6) is -2.42. The Hall–Kier alpha value is -3.02. The Kier molecular flexibility index (Phi) is 5.57. The maximum atomic E-state index is 13.4. The lowest BCUT2D eigenvalue weighted by Crippen LogP contribution is -2.30. The minimum absolute atomic E-state index is 0.185. The van der Waals surface area contributed by atoms with E-state index in [0.29, 0.717) is 0 Å². The SMILES string of the molecule is N=C(/C=C\Nc1ccccc1)NC(=O)Cc1c(F)cccc1F. The molecule has 0 aliphatic carbocycles. The predicted octanol–water partition coefficient (Wildman–Crippen LogP) is 3.23.